The third-order valence-corrected chi connectivity index (χ3v) is 1.55. The van der Waals surface area contributed by atoms with Gasteiger partial charge >= 0.3 is 5.97 Å². The maximum atomic E-state index is 10.9. The molecule has 0 amide bonds. The van der Waals surface area contributed by atoms with Crippen molar-refractivity contribution in [1.82, 2.24) is 0 Å². The normalized spacial score (nSPS) is 12.5. The van der Waals surface area contributed by atoms with Crippen LogP contribution in [-0.4, -0.2) is 36.3 Å². The summed E-state index contributed by atoms with van der Waals surface area (Å²) >= 11 is 3.83. The van der Waals surface area contributed by atoms with Crippen molar-refractivity contribution in [2.75, 3.05) is 19.2 Å². The van der Waals surface area contributed by atoms with E-state index in [4.69, 9.17) is 14.6 Å². The highest BCUT2D eigenvalue weighted by Gasteiger charge is 2.09. The Labute approximate surface area is 83.6 Å². The standard InChI is InChI=1S/C8H16O4S/c1-2-3-8(10)11-5-7(4-9)12-6-13/h7,9,13H,2-6H2,1H3. The molecule has 5 heteroatoms. The Kier molecular flexibility index (Phi) is 8.18. The average Bonchev–Trinajstić information content (AvgIpc) is 2.12. The molecule has 0 aliphatic rings. The van der Waals surface area contributed by atoms with Crippen molar-refractivity contribution in [3.05, 3.63) is 0 Å². The van der Waals surface area contributed by atoms with Crippen molar-refractivity contribution in [3.63, 3.8) is 0 Å². The first-order chi connectivity index (χ1) is 6.24. The fourth-order valence-electron chi connectivity index (χ4n) is 0.721. The molecular weight excluding hydrogens is 192 g/mol. The van der Waals surface area contributed by atoms with Gasteiger partial charge in [0.25, 0.3) is 0 Å². The van der Waals surface area contributed by atoms with Crippen molar-refractivity contribution in [2.24, 2.45) is 0 Å². The van der Waals surface area contributed by atoms with Crippen LogP contribution in [0.4, 0.5) is 0 Å². The molecule has 0 saturated carbocycles. The first-order valence-electron chi connectivity index (χ1n) is 4.23. The van der Waals surface area contributed by atoms with Crippen LogP contribution >= 0.6 is 12.6 Å². The smallest absolute Gasteiger partial charge is 0.305 e. The van der Waals surface area contributed by atoms with Gasteiger partial charge in [-0.05, 0) is 6.42 Å². The van der Waals surface area contributed by atoms with Crippen LogP contribution in [0.5, 0.6) is 0 Å². The van der Waals surface area contributed by atoms with Gasteiger partial charge in [0.05, 0.1) is 12.5 Å². The summed E-state index contributed by atoms with van der Waals surface area (Å²) in [5, 5.41) is 8.75. The number of carbonyl (C=O) groups excluding carboxylic acids is 1. The number of hydrogen-bond donors (Lipinski definition) is 2. The number of carbonyl (C=O) groups is 1. The zero-order chi connectivity index (χ0) is 10.1. The Hall–Kier alpha value is -0.260. The second-order valence-electron chi connectivity index (χ2n) is 2.53. The second kappa shape index (κ2) is 8.34. The summed E-state index contributed by atoms with van der Waals surface area (Å²) in [4.78, 5) is 10.9. The van der Waals surface area contributed by atoms with E-state index in [1.165, 1.54) is 0 Å². The molecule has 1 N–H and O–H groups in total. The highest BCUT2D eigenvalue weighted by atomic mass is 32.1. The molecule has 1 unspecified atom stereocenters. The van der Waals surface area contributed by atoms with E-state index in [-0.39, 0.29) is 25.1 Å². The van der Waals surface area contributed by atoms with Gasteiger partial charge in [-0.3, -0.25) is 4.79 Å². The molecule has 0 aromatic rings. The van der Waals surface area contributed by atoms with Crippen molar-refractivity contribution in [1.29, 1.82) is 0 Å². The average molecular weight is 208 g/mol. The summed E-state index contributed by atoms with van der Waals surface area (Å²) in [6.45, 7) is 1.82. The van der Waals surface area contributed by atoms with E-state index in [1.54, 1.807) is 0 Å². The predicted molar refractivity (Wildman–Crippen MR) is 51.7 cm³/mol. The first kappa shape index (κ1) is 12.7. The molecule has 0 bridgehead atoms. The van der Waals surface area contributed by atoms with Gasteiger partial charge in [0.1, 0.15) is 12.7 Å². The fraction of sp³-hybridized carbons (Fsp3) is 0.875. The molecule has 0 spiro atoms. The maximum absolute atomic E-state index is 10.9. The number of thiol groups is 1. The SMILES string of the molecule is CCCC(=O)OCC(CO)OCS. The number of hydrogen-bond acceptors (Lipinski definition) is 5. The molecule has 0 aromatic carbocycles. The number of aliphatic hydroxyl groups excluding tert-OH is 1. The second-order valence-corrected chi connectivity index (χ2v) is 2.79. The van der Waals surface area contributed by atoms with Gasteiger partial charge in [0.15, 0.2) is 0 Å². The Bertz CT molecular complexity index is 140. The molecule has 0 rings (SSSR count). The Balaban J connectivity index is 3.52. The summed E-state index contributed by atoms with van der Waals surface area (Å²) in [5.74, 6) is -0.0555. The zero-order valence-corrected chi connectivity index (χ0v) is 8.63. The summed E-state index contributed by atoms with van der Waals surface area (Å²) in [7, 11) is 0. The van der Waals surface area contributed by atoms with Gasteiger partial charge in [-0.15, -0.1) is 0 Å². The summed E-state index contributed by atoms with van der Waals surface area (Å²) in [5.41, 5.74) is 0. The molecule has 0 aliphatic heterocycles. The van der Waals surface area contributed by atoms with Crippen LogP contribution in [0.3, 0.4) is 0 Å². The lowest BCUT2D eigenvalue weighted by Crippen LogP contribution is -2.25. The zero-order valence-electron chi connectivity index (χ0n) is 7.73. The van der Waals surface area contributed by atoms with Crippen LogP contribution in [0.2, 0.25) is 0 Å². The minimum absolute atomic E-state index is 0.0931. The Morgan fingerprint density at radius 1 is 1.62 bits per heavy atom. The van der Waals surface area contributed by atoms with E-state index in [1.807, 2.05) is 6.92 Å². The highest BCUT2D eigenvalue weighted by Crippen LogP contribution is 1.97. The van der Waals surface area contributed by atoms with Crippen molar-refractivity contribution < 1.29 is 19.4 Å². The molecule has 13 heavy (non-hydrogen) atoms. The van der Waals surface area contributed by atoms with Gasteiger partial charge < -0.3 is 14.6 Å². The quantitative estimate of drug-likeness (QED) is 0.365. The molecule has 0 aromatic heterocycles. The van der Waals surface area contributed by atoms with Crippen molar-refractivity contribution in [2.45, 2.75) is 25.9 Å². The lowest BCUT2D eigenvalue weighted by Gasteiger charge is -2.13. The molecule has 0 heterocycles. The summed E-state index contributed by atoms with van der Waals surface area (Å²) in [6, 6.07) is 0. The van der Waals surface area contributed by atoms with Gasteiger partial charge in [0.2, 0.25) is 0 Å². The van der Waals surface area contributed by atoms with Crippen LogP contribution in [0, 0.1) is 0 Å². The van der Waals surface area contributed by atoms with E-state index in [9.17, 15) is 4.79 Å². The minimum atomic E-state index is -0.460. The molecule has 1 atom stereocenters. The Morgan fingerprint density at radius 3 is 2.77 bits per heavy atom. The third kappa shape index (κ3) is 6.86. The molecule has 0 saturated heterocycles. The van der Waals surface area contributed by atoms with Crippen LogP contribution in [-0.2, 0) is 14.3 Å². The van der Waals surface area contributed by atoms with Gasteiger partial charge in [-0.2, -0.15) is 12.6 Å². The van der Waals surface area contributed by atoms with E-state index < -0.39 is 6.10 Å². The fourth-order valence-corrected chi connectivity index (χ4v) is 0.932. The topological polar surface area (TPSA) is 55.8 Å². The number of aliphatic hydroxyl groups is 1. The van der Waals surface area contributed by atoms with Crippen LogP contribution in [0.15, 0.2) is 0 Å². The third-order valence-electron chi connectivity index (χ3n) is 1.40. The van der Waals surface area contributed by atoms with Crippen LogP contribution in [0.25, 0.3) is 0 Å². The van der Waals surface area contributed by atoms with Gasteiger partial charge in [-0.1, -0.05) is 6.92 Å². The van der Waals surface area contributed by atoms with Crippen molar-refractivity contribution >= 4 is 18.6 Å². The maximum Gasteiger partial charge on any atom is 0.305 e. The molecule has 0 fully saturated rings. The van der Waals surface area contributed by atoms with Crippen LogP contribution in [0.1, 0.15) is 19.8 Å². The molecule has 0 aliphatic carbocycles. The number of ether oxygens (including phenoxy) is 2. The van der Waals surface area contributed by atoms with E-state index in [0.29, 0.717) is 6.42 Å². The lowest BCUT2D eigenvalue weighted by molar-refractivity contribution is -0.148. The molecule has 4 nitrogen and oxygen atoms in total. The monoisotopic (exact) mass is 208 g/mol. The molecule has 0 radical (unpaired) electrons. The van der Waals surface area contributed by atoms with Crippen molar-refractivity contribution in [3.8, 4) is 0 Å². The Morgan fingerprint density at radius 2 is 2.31 bits per heavy atom. The summed E-state index contributed by atoms with van der Waals surface area (Å²) in [6.07, 6.45) is 0.702. The largest absolute Gasteiger partial charge is 0.463 e. The number of esters is 1. The molecular formula is C8H16O4S. The van der Waals surface area contributed by atoms with Gasteiger partial charge in [0, 0.05) is 6.42 Å². The van der Waals surface area contributed by atoms with Gasteiger partial charge in [-0.25, -0.2) is 0 Å². The summed E-state index contributed by atoms with van der Waals surface area (Å²) < 4.78 is 9.79. The van der Waals surface area contributed by atoms with Crippen LogP contribution < -0.4 is 0 Å². The lowest BCUT2D eigenvalue weighted by atomic mass is 10.3. The predicted octanol–water partition coefficient (Wildman–Crippen LogP) is 0.595. The van der Waals surface area contributed by atoms with E-state index in [0.717, 1.165) is 6.42 Å². The molecule has 78 valence electrons. The first-order valence-corrected chi connectivity index (χ1v) is 4.86. The van der Waals surface area contributed by atoms with E-state index >= 15 is 0 Å². The minimum Gasteiger partial charge on any atom is -0.463 e. The van der Waals surface area contributed by atoms with E-state index in [2.05, 4.69) is 12.6 Å². The number of rotatable bonds is 7. The highest BCUT2D eigenvalue weighted by molar-refractivity contribution is 7.80.